The highest BCUT2D eigenvalue weighted by atomic mass is 32.2. The fourth-order valence-electron chi connectivity index (χ4n) is 1.75. The van der Waals surface area contributed by atoms with E-state index in [1.165, 1.54) is 12.1 Å². The molecule has 0 radical (unpaired) electrons. The molecule has 0 bridgehead atoms. The molecule has 0 aromatic heterocycles. The molecule has 0 saturated carbocycles. The van der Waals surface area contributed by atoms with Gasteiger partial charge in [-0.1, -0.05) is 6.07 Å². The van der Waals surface area contributed by atoms with Crippen molar-refractivity contribution in [3.05, 3.63) is 29.8 Å². The van der Waals surface area contributed by atoms with Crippen LogP contribution in [0.2, 0.25) is 0 Å². The van der Waals surface area contributed by atoms with Gasteiger partial charge in [-0.15, -0.1) is 0 Å². The molecule has 19 heavy (non-hydrogen) atoms. The molecule has 0 spiro atoms. The number of carbonyl (C=O) groups excluding carboxylic acids is 1. The van der Waals surface area contributed by atoms with Crippen LogP contribution in [0.25, 0.3) is 0 Å². The fourth-order valence-corrected chi connectivity index (χ4v) is 3.04. The number of thioether (sulfide) groups is 1. The second kappa shape index (κ2) is 5.75. The number of hydrogen-bond acceptors (Lipinski definition) is 3. The van der Waals surface area contributed by atoms with Gasteiger partial charge in [-0.2, -0.15) is 11.8 Å². The first-order valence-electron chi connectivity index (χ1n) is 5.79. The quantitative estimate of drug-likeness (QED) is 0.796. The van der Waals surface area contributed by atoms with E-state index in [2.05, 4.69) is 10.6 Å². The Morgan fingerprint density at radius 1 is 1.47 bits per heavy atom. The fraction of sp³-hybridized carbons (Fsp3) is 0.417. The normalized spacial score (nSPS) is 22.3. The molecular weight excluding hydrogens is 274 g/mol. The molecule has 1 aliphatic heterocycles. The van der Waals surface area contributed by atoms with Crippen LogP contribution in [0.5, 0.6) is 0 Å². The average Bonchev–Trinajstić information content (AvgIpc) is 2.80. The first-order valence-corrected chi connectivity index (χ1v) is 6.95. The summed E-state index contributed by atoms with van der Waals surface area (Å²) in [4.78, 5) is 11.5. The van der Waals surface area contributed by atoms with Crippen LogP contribution in [0, 0.1) is 11.6 Å². The molecule has 1 aromatic rings. The molecular formula is C12H14F2N2O2S. The lowest BCUT2D eigenvalue weighted by atomic mass is 10.0. The van der Waals surface area contributed by atoms with Crippen molar-refractivity contribution in [1.29, 1.82) is 0 Å². The van der Waals surface area contributed by atoms with Crippen LogP contribution in [0.4, 0.5) is 19.3 Å². The zero-order valence-electron chi connectivity index (χ0n) is 10.1. The highest BCUT2D eigenvalue weighted by Gasteiger charge is 2.32. The summed E-state index contributed by atoms with van der Waals surface area (Å²) in [6, 6.07) is 2.86. The van der Waals surface area contributed by atoms with Crippen molar-refractivity contribution < 1.29 is 18.7 Å². The van der Waals surface area contributed by atoms with Crippen LogP contribution in [-0.2, 0) is 0 Å². The summed E-state index contributed by atoms with van der Waals surface area (Å²) in [5.74, 6) is -0.726. The van der Waals surface area contributed by atoms with Gasteiger partial charge in [0, 0.05) is 12.3 Å². The number of amides is 2. The molecule has 1 saturated heterocycles. The highest BCUT2D eigenvalue weighted by Crippen LogP contribution is 2.27. The third kappa shape index (κ3) is 3.57. The summed E-state index contributed by atoms with van der Waals surface area (Å²) in [7, 11) is 0. The molecule has 2 rings (SSSR count). The first kappa shape index (κ1) is 14.1. The zero-order chi connectivity index (χ0) is 13.9. The Balaban J connectivity index is 1.89. The lowest BCUT2D eigenvalue weighted by molar-refractivity contribution is 0.0706. The van der Waals surface area contributed by atoms with Crippen LogP contribution < -0.4 is 10.6 Å². The molecule has 4 nitrogen and oxygen atoms in total. The molecule has 1 heterocycles. The summed E-state index contributed by atoms with van der Waals surface area (Å²) in [5.41, 5.74) is -1.15. The maximum atomic E-state index is 13.3. The molecule has 104 valence electrons. The highest BCUT2D eigenvalue weighted by molar-refractivity contribution is 7.99. The van der Waals surface area contributed by atoms with Crippen molar-refractivity contribution in [3.63, 3.8) is 0 Å². The summed E-state index contributed by atoms with van der Waals surface area (Å²) in [5, 5.41) is 14.7. The molecule has 3 N–H and O–H groups in total. The van der Waals surface area contributed by atoms with Crippen molar-refractivity contribution in [2.75, 3.05) is 23.4 Å². The number of benzene rings is 1. The number of nitrogens with one attached hydrogen (secondary N) is 2. The molecule has 1 fully saturated rings. The van der Waals surface area contributed by atoms with Gasteiger partial charge >= 0.3 is 6.03 Å². The van der Waals surface area contributed by atoms with Gasteiger partial charge in [0.2, 0.25) is 0 Å². The minimum atomic E-state index is -1.10. The van der Waals surface area contributed by atoms with Gasteiger partial charge in [0.25, 0.3) is 0 Å². The van der Waals surface area contributed by atoms with Gasteiger partial charge < -0.3 is 15.7 Å². The van der Waals surface area contributed by atoms with E-state index in [9.17, 15) is 18.7 Å². The van der Waals surface area contributed by atoms with Crippen molar-refractivity contribution in [2.24, 2.45) is 0 Å². The number of anilines is 1. The first-order chi connectivity index (χ1) is 9.00. The number of aliphatic hydroxyl groups is 1. The van der Waals surface area contributed by atoms with Crippen molar-refractivity contribution in [1.82, 2.24) is 5.32 Å². The van der Waals surface area contributed by atoms with Gasteiger partial charge in [0.05, 0.1) is 11.3 Å². The topological polar surface area (TPSA) is 61.4 Å². The van der Waals surface area contributed by atoms with Crippen LogP contribution in [0.1, 0.15) is 6.42 Å². The van der Waals surface area contributed by atoms with E-state index in [0.717, 1.165) is 11.8 Å². The maximum absolute atomic E-state index is 13.3. The van der Waals surface area contributed by atoms with E-state index < -0.39 is 23.3 Å². The van der Waals surface area contributed by atoms with Crippen LogP contribution >= 0.6 is 11.8 Å². The Kier molecular flexibility index (Phi) is 4.26. The largest absolute Gasteiger partial charge is 0.387 e. The van der Waals surface area contributed by atoms with Gasteiger partial charge in [-0.25, -0.2) is 13.6 Å². The number of halogens is 2. The zero-order valence-corrected chi connectivity index (χ0v) is 10.9. The van der Waals surface area contributed by atoms with E-state index >= 15 is 0 Å². The van der Waals surface area contributed by atoms with Crippen molar-refractivity contribution in [2.45, 2.75) is 12.0 Å². The molecule has 1 atom stereocenters. The lowest BCUT2D eigenvalue weighted by Gasteiger charge is -2.21. The van der Waals surface area contributed by atoms with Crippen LogP contribution in [-0.4, -0.2) is 34.8 Å². The summed E-state index contributed by atoms with van der Waals surface area (Å²) < 4.78 is 26.2. The van der Waals surface area contributed by atoms with E-state index in [0.29, 0.717) is 12.2 Å². The SMILES string of the molecule is O=C(NCC1(O)CCSC1)Nc1cccc(F)c1F. The number of hydrogen-bond donors (Lipinski definition) is 3. The van der Waals surface area contributed by atoms with E-state index in [4.69, 9.17) is 0 Å². The van der Waals surface area contributed by atoms with Gasteiger partial charge in [-0.05, 0) is 24.3 Å². The van der Waals surface area contributed by atoms with Crippen LogP contribution in [0.15, 0.2) is 18.2 Å². The van der Waals surface area contributed by atoms with Gasteiger partial charge in [0.15, 0.2) is 11.6 Å². The molecule has 1 aliphatic rings. The lowest BCUT2D eigenvalue weighted by Crippen LogP contribution is -2.44. The smallest absolute Gasteiger partial charge is 0.319 e. The Morgan fingerprint density at radius 2 is 2.26 bits per heavy atom. The molecule has 2 amide bonds. The van der Waals surface area contributed by atoms with E-state index in [1.807, 2.05) is 0 Å². The third-order valence-corrected chi connectivity index (χ3v) is 4.09. The monoisotopic (exact) mass is 288 g/mol. The number of urea groups is 1. The Bertz CT molecular complexity index is 479. The minimum Gasteiger partial charge on any atom is -0.387 e. The van der Waals surface area contributed by atoms with Crippen LogP contribution in [0.3, 0.4) is 0 Å². The van der Waals surface area contributed by atoms with Crippen molar-refractivity contribution >= 4 is 23.5 Å². The summed E-state index contributed by atoms with van der Waals surface area (Å²) in [6.07, 6.45) is 0.603. The second-order valence-electron chi connectivity index (χ2n) is 4.44. The Labute approximate surface area is 113 Å². The summed E-state index contributed by atoms with van der Waals surface area (Å²) in [6.45, 7) is 0.0861. The molecule has 0 aliphatic carbocycles. The standard InChI is InChI=1S/C12H14F2N2O2S/c13-8-2-1-3-9(10(8)14)16-11(17)15-6-12(18)4-5-19-7-12/h1-3,18H,4-7H2,(H2,15,16,17). The molecule has 1 unspecified atom stereocenters. The molecule has 7 heteroatoms. The predicted molar refractivity (Wildman–Crippen MR) is 70.3 cm³/mol. The Hall–Kier alpha value is -1.34. The average molecular weight is 288 g/mol. The second-order valence-corrected chi connectivity index (χ2v) is 5.54. The molecule has 1 aromatic carbocycles. The van der Waals surface area contributed by atoms with E-state index in [-0.39, 0.29) is 12.2 Å². The van der Waals surface area contributed by atoms with Gasteiger partial charge in [0.1, 0.15) is 0 Å². The number of rotatable bonds is 3. The van der Waals surface area contributed by atoms with E-state index in [1.54, 1.807) is 11.8 Å². The Morgan fingerprint density at radius 3 is 2.95 bits per heavy atom. The number of carbonyl (C=O) groups is 1. The summed E-state index contributed by atoms with van der Waals surface area (Å²) >= 11 is 1.61. The predicted octanol–water partition coefficient (Wildman–Crippen LogP) is 1.95. The maximum Gasteiger partial charge on any atom is 0.319 e. The minimum absolute atomic E-state index is 0.0861. The van der Waals surface area contributed by atoms with Gasteiger partial charge in [-0.3, -0.25) is 0 Å². The third-order valence-electron chi connectivity index (χ3n) is 2.86. The van der Waals surface area contributed by atoms with Crippen molar-refractivity contribution in [3.8, 4) is 0 Å².